The molecule has 0 saturated heterocycles. The highest BCUT2D eigenvalue weighted by Gasteiger charge is 2.26. The Labute approximate surface area is 220 Å². The second-order valence-corrected chi connectivity index (χ2v) is 9.51. The van der Waals surface area contributed by atoms with Crippen molar-refractivity contribution >= 4 is 46.7 Å². The number of hydrogen-bond donors (Lipinski definition) is 1. The topological polar surface area (TPSA) is 91.3 Å². The Bertz CT molecular complexity index is 986. The van der Waals surface area contributed by atoms with E-state index < -0.39 is 29.6 Å². The summed E-state index contributed by atoms with van der Waals surface area (Å²) in [4.78, 5) is 22.3. The monoisotopic (exact) mass is 546 g/mol. The number of hydrogen-bond acceptors (Lipinski definition) is 7. The molecule has 0 unspecified atom stereocenters. The van der Waals surface area contributed by atoms with Crippen molar-refractivity contribution in [2.24, 2.45) is 0 Å². The molecule has 7 nitrogen and oxygen atoms in total. The molecule has 0 aromatic heterocycles. The molecule has 0 fully saturated rings. The van der Waals surface area contributed by atoms with Crippen molar-refractivity contribution in [3.05, 3.63) is 57.6 Å². The number of rotatable bonds is 12. The zero-order valence-corrected chi connectivity index (χ0v) is 22.2. The lowest BCUT2D eigenvalue weighted by atomic mass is 9.78. The minimum atomic E-state index is -0.827. The lowest BCUT2D eigenvalue weighted by Crippen LogP contribution is -2.29. The SMILES string of the molecule is CC(=O)OC[C@H](COc1ccc(C(C)(C)c2cc(Cl)c(OC[C@@H](O)CCl)c(Cl)c2)cc1)OC(C)=O. The molecule has 0 bridgehead atoms. The molecule has 2 aromatic rings. The predicted molar refractivity (Wildman–Crippen MR) is 135 cm³/mol. The number of aliphatic hydroxyl groups is 1. The van der Waals surface area contributed by atoms with Crippen LogP contribution in [0.4, 0.5) is 0 Å². The minimum Gasteiger partial charge on any atom is -0.490 e. The summed E-state index contributed by atoms with van der Waals surface area (Å²) >= 11 is 18.4. The quantitative estimate of drug-likeness (QED) is 0.289. The van der Waals surface area contributed by atoms with Gasteiger partial charge in [0.2, 0.25) is 0 Å². The number of carbonyl (C=O) groups excluding carboxylic acids is 2. The van der Waals surface area contributed by atoms with E-state index in [0.717, 1.165) is 11.1 Å². The molecule has 0 aliphatic carbocycles. The van der Waals surface area contributed by atoms with Gasteiger partial charge in [0.15, 0.2) is 11.9 Å². The van der Waals surface area contributed by atoms with E-state index in [4.69, 9.17) is 53.8 Å². The van der Waals surface area contributed by atoms with Gasteiger partial charge in [0, 0.05) is 19.3 Å². The Morgan fingerprint density at radius 1 is 0.914 bits per heavy atom. The van der Waals surface area contributed by atoms with Crippen molar-refractivity contribution in [3.63, 3.8) is 0 Å². The number of esters is 2. The summed E-state index contributed by atoms with van der Waals surface area (Å²) in [6.45, 7) is 6.52. The second kappa shape index (κ2) is 13.2. The van der Waals surface area contributed by atoms with Gasteiger partial charge in [0.1, 0.15) is 31.7 Å². The number of benzene rings is 2. The van der Waals surface area contributed by atoms with Crippen LogP contribution >= 0.6 is 34.8 Å². The van der Waals surface area contributed by atoms with Gasteiger partial charge < -0.3 is 24.1 Å². The summed E-state index contributed by atoms with van der Waals surface area (Å²) in [5.41, 5.74) is 1.37. The van der Waals surface area contributed by atoms with Crippen LogP contribution in [-0.2, 0) is 24.5 Å². The fourth-order valence-corrected chi connectivity index (χ4v) is 3.85. The molecule has 2 aromatic carbocycles. The van der Waals surface area contributed by atoms with Crippen LogP contribution in [-0.4, -0.2) is 55.0 Å². The Morgan fingerprint density at radius 3 is 2.03 bits per heavy atom. The molecule has 1 N–H and O–H groups in total. The van der Waals surface area contributed by atoms with E-state index in [1.165, 1.54) is 13.8 Å². The minimum absolute atomic E-state index is 0.0215. The summed E-state index contributed by atoms with van der Waals surface area (Å²) < 4.78 is 21.3. The standard InChI is InChI=1S/C25H29Cl3O7/c1-15(29)32-13-21(35-16(2)30)14-33-20-7-5-17(6-8-20)25(3,4)18-9-22(27)24(23(28)10-18)34-12-19(31)11-26/h5-10,19,21,31H,11-14H2,1-4H3/t19-,21+/m0/s1. The van der Waals surface area contributed by atoms with E-state index in [0.29, 0.717) is 15.8 Å². The highest BCUT2D eigenvalue weighted by molar-refractivity contribution is 6.37. The molecule has 35 heavy (non-hydrogen) atoms. The van der Waals surface area contributed by atoms with Crippen LogP contribution in [0.15, 0.2) is 36.4 Å². The molecule has 0 aliphatic rings. The van der Waals surface area contributed by atoms with Crippen LogP contribution in [0.1, 0.15) is 38.8 Å². The van der Waals surface area contributed by atoms with E-state index in [-0.39, 0.29) is 31.5 Å². The fourth-order valence-electron chi connectivity index (χ4n) is 3.17. The first-order valence-corrected chi connectivity index (χ1v) is 12.1. The van der Waals surface area contributed by atoms with E-state index >= 15 is 0 Å². The number of halogens is 3. The average Bonchev–Trinajstić information content (AvgIpc) is 2.79. The summed E-state index contributed by atoms with van der Waals surface area (Å²) in [5, 5.41) is 10.3. The number of carbonyl (C=O) groups is 2. The third-order valence-corrected chi connectivity index (χ3v) is 6.05. The number of alkyl halides is 1. The highest BCUT2D eigenvalue weighted by atomic mass is 35.5. The van der Waals surface area contributed by atoms with Gasteiger partial charge in [-0.15, -0.1) is 11.6 Å². The zero-order valence-electron chi connectivity index (χ0n) is 20.0. The number of aliphatic hydroxyl groups excluding tert-OH is 1. The van der Waals surface area contributed by atoms with E-state index in [1.54, 1.807) is 24.3 Å². The van der Waals surface area contributed by atoms with Crippen molar-refractivity contribution in [1.29, 1.82) is 0 Å². The lowest BCUT2D eigenvalue weighted by molar-refractivity contribution is -0.158. The van der Waals surface area contributed by atoms with Crippen molar-refractivity contribution in [2.75, 3.05) is 25.7 Å². The molecule has 2 rings (SSSR count). The molecule has 0 aliphatic heterocycles. The summed E-state index contributed by atoms with van der Waals surface area (Å²) in [7, 11) is 0. The van der Waals surface area contributed by atoms with Crippen LogP contribution in [0.25, 0.3) is 0 Å². The normalized spacial score (nSPS) is 13.0. The predicted octanol–water partition coefficient (Wildman–Crippen LogP) is 5.17. The van der Waals surface area contributed by atoms with E-state index in [1.807, 2.05) is 26.0 Å². The van der Waals surface area contributed by atoms with Gasteiger partial charge >= 0.3 is 11.9 Å². The van der Waals surface area contributed by atoms with Gasteiger partial charge in [-0.05, 0) is 35.4 Å². The highest BCUT2D eigenvalue weighted by Crippen LogP contribution is 2.40. The van der Waals surface area contributed by atoms with Crippen LogP contribution in [0.3, 0.4) is 0 Å². The largest absolute Gasteiger partial charge is 0.490 e. The van der Waals surface area contributed by atoms with Gasteiger partial charge in [-0.1, -0.05) is 49.2 Å². The zero-order chi connectivity index (χ0) is 26.2. The Kier molecular flexibility index (Phi) is 11.0. The van der Waals surface area contributed by atoms with Crippen LogP contribution in [0, 0.1) is 0 Å². The first kappa shape index (κ1) is 29.0. The molecular weight excluding hydrogens is 519 g/mol. The van der Waals surface area contributed by atoms with Crippen LogP contribution in [0.2, 0.25) is 10.0 Å². The molecule has 0 saturated carbocycles. The van der Waals surface area contributed by atoms with Crippen molar-refractivity contribution in [3.8, 4) is 11.5 Å². The molecule has 0 amide bonds. The average molecular weight is 548 g/mol. The Balaban J connectivity index is 2.12. The summed E-state index contributed by atoms with van der Waals surface area (Å²) in [5.74, 6) is -0.0799. The van der Waals surface area contributed by atoms with Crippen molar-refractivity contribution in [2.45, 2.75) is 45.3 Å². The maximum Gasteiger partial charge on any atom is 0.303 e. The van der Waals surface area contributed by atoms with Gasteiger partial charge in [-0.2, -0.15) is 0 Å². The smallest absolute Gasteiger partial charge is 0.303 e. The van der Waals surface area contributed by atoms with Crippen LogP contribution in [0.5, 0.6) is 11.5 Å². The maximum atomic E-state index is 11.3. The molecular formula is C25H29Cl3O7. The summed E-state index contributed by atoms with van der Waals surface area (Å²) in [6, 6.07) is 11.0. The molecule has 10 heteroatoms. The molecule has 0 spiro atoms. The van der Waals surface area contributed by atoms with Gasteiger partial charge in [-0.3, -0.25) is 9.59 Å². The number of ether oxygens (including phenoxy) is 4. The van der Waals surface area contributed by atoms with E-state index in [2.05, 4.69) is 0 Å². The van der Waals surface area contributed by atoms with E-state index in [9.17, 15) is 14.7 Å². The maximum absolute atomic E-state index is 11.3. The molecule has 0 radical (unpaired) electrons. The first-order valence-electron chi connectivity index (χ1n) is 10.8. The fraction of sp³-hybridized carbons (Fsp3) is 0.440. The third kappa shape index (κ3) is 8.76. The van der Waals surface area contributed by atoms with Crippen molar-refractivity contribution in [1.82, 2.24) is 0 Å². The third-order valence-electron chi connectivity index (χ3n) is 5.14. The molecule has 2 atom stereocenters. The van der Waals surface area contributed by atoms with Gasteiger partial charge in [0.25, 0.3) is 0 Å². The Morgan fingerprint density at radius 2 is 1.51 bits per heavy atom. The van der Waals surface area contributed by atoms with Gasteiger partial charge in [0.05, 0.1) is 15.9 Å². The molecule has 0 heterocycles. The second-order valence-electron chi connectivity index (χ2n) is 8.38. The van der Waals surface area contributed by atoms with Crippen molar-refractivity contribution < 1.29 is 33.6 Å². The first-order chi connectivity index (χ1) is 16.4. The lowest BCUT2D eigenvalue weighted by Gasteiger charge is -2.27. The molecule has 192 valence electrons. The van der Waals surface area contributed by atoms with Crippen LogP contribution < -0.4 is 9.47 Å². The summed E-state index contributed by atoms with van der Waals surface area (Å²) in [6.07, 6.45) is -1.55. The van der Waals surface area contributed by atoms with Gasteiger partial charge in [-0.25, -0.2) is 0 Å². The Hall–Kier alpha value is -2.19.